The second-order valence-electron chi connectivity index (χ2n) is 8.89. The molecule has 9 nitrogen and oxygen atoms in total. The van der Waals surface area contributed by atoms with E-state index in [9.17, 15) is 14.4 Å². The summed E-state index contributed by atoms with van der Waals surface area (Å²) in [6.07, 6.45) is 2.30. The fraction of sp³-hybridized carbons (Fsp3) is 0.188. The third-order valence-corrected chi connectivity index (χ3v) is 5.92. The Labute approximate surface area is 238 Å². The maximum atomic E-state index is 12.9. The Morgan fingerprint density at radius 3 is 2.20 bits per heavy atom. The number of hydrazone groups is 1. The largest absolute Gasteiger partial charge is 0.494 e. The monoisotopic (exact) mass is 553 g/mol. The van der Waals surface area contributed by atoms with Crippen LogP contribution in [0.5, 0.6) is 17.2 Å². The highest BCUT2D eigenvalue weighted by Gasteiger charge is 2.14. The minimum atomic E-state index is -0.547. The average Bonchev–Trinajstić information content (AvgIpc) is 3.00. The molecule has 0 bridgehead atoms. The topological polar surface area (TPSA) is 115 Å². The molecular weight excluding hydrogens is 522 g/mol. The zero-order valence-electron chi connectivity index (χ0n) is 22.9. The van der Waals surface area contributed by atoms with Crippen molar-refractivity contribution in [3.05, 3.63) is 102 Å². The second kappa shape index (κ2) is 14.3. The lowest BCUT2D eigenvalue weighted by molar-refractivity contribution is -0.120. The van der Waals surface area contributed by atoms with Gasteiger partial charge >= 0.3 is 5.97 Å². The van der Waals surface area contributed by atoms with Crippen LogP contribution >= 0.6 is 0 Å². The lowest BCUT2D eigenvalue weighted by Crippen LogP contribution is -2.34. The van der Waals surface area contributed by atoms with Crippen molar-refractivity contribution >= 4 is 34.8 Å². The molecule has 4 rings (SSSR count). The van der Waals surface area contributed by atoms with Gasteiger partial charge in [-0.2, -0.15) is 5.10 Å². The van der Waals surface area contributed by atoms with Gasteiger partial charge in [0.2, 0.25) is 0 Å². The lowest BCUT2D eigenvalue weighted by Gasteiger charge is -2.11. The molecule has 210 valence electrons. The number of nitrogens with one attached hydrogen (secondary N) is 2. The molecule has 9 heteroatoms. The summed E-state index contributed by atoms with van der Waals surface area (Å²) in [5, 5.41) is 8.30. The van der Waals surface area contributed by atoms with Crippen LogP contribution in [0, 0.1) is 0 Å². The van der Waals surface area contributed by atoms with Crippen molar-refractivity contribution in [1.29, 1.82) is 0 Å². The van der Waals surface area contributed by atoms with Gasteiger partial charge in [0.15, 0.2) is 0 Å². The molecule has 0 fully saturated rings. The van der Waals surface area contributed by atoms with E-state index in [-0.39, 0.29) is 12.3 Å². The van der Waals surface area contributed by atoms with E-state index in [1.165, 1.54) is 6.21 Å². The number of carbonyl (C=O) groups is 3. The molecule has 2 amide bonds. The van der Waals surface area contributed by atoms with Gasteiger partial charge in [-0.15, -0.1) is 0 Å². The van der Waals surface area contributed by atoms with E-state index >= 15 is 0 Å². The number of fused-ring (bicyclic) bond motifs is 1. The Balaban J connectivity index is 1.40. The summed E-state index contributed by atoms with van der Waals surface area (Å²) in [6, 6.07) is 24.4. The molecule has 4 aromatic rings. The summed E-state index contributed by atoms with van der Waals surface area (Å²) >= 11 is 0. The minimum Gasteiger partial charge on any atom is -0.494 e. The normalized spacial score (nSPS) is 10.8. The summed E-state index contributed by atoms with van der Waals surface area (Å²) in [5.41, 5.74) is 3.68. The first-order valence-electron chi connectivity index (χ1n) is 13.3. The highest BCUT2D eigenvalue weighted by atomic mass is 16.5. The summed E-state index contributed by atoms with van der Waals surface area (Å²) in [5.74, 6) is 0.141. The highest BCUT2D eigenvalue weighted by molar-refractivity contribution is 6.04. The summed E-state index contributed by atoms with van der Waals surface area (Å²) < 4.78 is 16.6. The number of benzene rings is 4. The lowest BCUT2D eigenvalue weighted by atomic mass is 10.0. The average molecular weight is 554 g/mol. The predicted octanol–water partition coefficient (Wildman–Crippen LogP) is 5.13. The SMILES string of the molecule is CCCOc1ccc(C(=O)NCC(=O)NN=Cc2c(OC(=O)c3ccc(OCC)cc3)ccc3ccccc23)cc1. The number of hydrogen-bond acceptors (Lipinski definition) is 7. The van der Waals surface area contributed by atoms with Gasteiger partial charge in [-0.1, -0.05) is 37.3 Å². The van der Waals surface area contributed by atoms with E-state index in [4.69, 9.17) is 14.2 Å². The standard InChI is InChI=1S/C32H31N3O6/c1-3-19-40-26-14-9-23(10-15-26)31(37)33-21-30(36)35-34-20-28-27-8-6-5-7-22(27)13-18-29(28)41-32(38)24-11-16-25(17-12-24)39-4-2/h5-18,20H,3-4,19,21H2,1-2H3,(H,33,37)(H,35,36). The van der Waals surface area contributed by atoms with Crippen molar-refractivity contribution in [2.75, 3.05) is 19.8 Å². The first-order valence-corrected chi connectivity index (χ1v) is 13.3. The van der Waals surface area contributed by atoms with Gasteiger partial charge in [-0.25, -0.2) is 10.2 Å². The van der Waals surface area contributed by atoms with Crippen LogP contribution in [0.1, 0.15) is 46.5 Å². The van der Waals surface area contributed by atoms with Crippen LogP contribution in [0.2, 0.25) is 0 Å². The number of hydrogen-bond donors (Lipinski definition) is 2. The van der Waals surface area contributed by atoms with Crippen LogP contribution in [-0.4, -0.2) is 43.8 Å². The quantitative estimate of drug-likeness (QED) is 0.109. The Morgan fingerprint density at radius 2 is 1.49 bits per heavy atom. The summed E-state index contributed by atoms with van der Waals surface area (Å²) in [4.78, 5) is 37.6. The van der Waals surface area contributed by atoms with Gasteiger partial charge in [-0.05, 0) is 78.7 Å². The van der Waals surface area contributed by atoms with Crippen LogP contribution in [0.3, 0.4) is 0 Å². The van der Waals surface area contributed by atoms with E-state index in [1.807, 2.05) is 44.2 Å². The number of carbonyl (C=O) groups excluding carboxylic acids is 3. The minimum absolute atomic E-state index is 0.278. The van der Waals surface area contributed by atoms with Crippen LogP contribution < -0.4 is 25.0 Å². The molecule has 0 aliphatic rings. The third-order valence-electron chi connectivity index (χ3n) is 5.92. The maximum Gasteiger partial charge on any atom is 0.343 e. The van der Waals surface area contributed by atoms with E-state index in [0.717, 1.165) is 17.2 Å². The molecule has 0 aliphatic carbocycles. The molecule has 0 unspecified atom stereocenters. The molecule has 0 aliphatic heterocycles. The number of esters is 1. The van der Waals surface area contributed by atoms with Crippen LogP contribution in [0.25, 0.3) is 10.8 Å². The molecule has 0 saturated carbocycles. The van der Waals surface area contributed by atoms with Crippen LogP contribution in [0.15, 0.2) is 90.0 Å². The van der Waals surface area contributed by atoms with Gasteiger partial charge in [-0.3, -0.25) is 9.59 Å². The van der Waals surface area contributed by atoms with Gasteiger partial charge in [0, 0.05) is 11.1 Å². The van der Waals surface area contributed by atoms with Gasteiger partial charge < -0.3 is 19.5 Å². The Morgan fingerprint density at radius 1 is 0.805 bits per heavy atom. The molecule has 0 saturated heterocycles. The molecule has 0 spiro atoms. The van der Waals surface area contributed by atoms with E-state index in [0.29, 0.717) is 41.4 Å². The number of rotatable bonds is 12. The van der Waals surface area contributed by atoms with E-state index < -0.39 is 17.8 Å². The smallest absolute Gasteiger partial charge is 0.343 e. The van der Waals surface area contributed by atoms with E-state index in [1.54, 1.807) is 54.6 Å². The Kier molecular flexibility index (Phi) is 10.0. The number of amides is 2. The molecule has 4 aromatic carbocycles. The maximum absolute atomic E-state index is 12.9. The Hall–Kier alpha value is -5.18. The van der Waals surface area contributed by atoms with E-state index in [2.05, 4.69) is 15.8 Å². The molecule has 41 heavy (non-hydrogen) atoms. The van der Waals surface area contributed by atoms with Gasteiger partial charge in [0.05, 0.1) is 31.5 Å². The van der Waals surface area contributed by atoms with Crippen molar-refractivity contribution in [3.8, 4) is 17.2 Å². The Bertz CT molecular complexity index is 1530. The fourth-order valence-electron chi connectivity index (χ4n) is 3.90. The first kappa shape index (κ1) is 28.8. The number of nitrogens with zero attached hydrogens (tertiary/aromatic N) is 1. The summed E-state index contributed by atoms with van der Waals surface area (Å²) in [6.45, 7) is 4.73. The molecule has 0 atom stereocenters. The molecular formula is C32H31N3O6. The van der Waals surface area contributed by atoms with Crippen molar-refractivity contribution in [2.45, 2.75) is 20.3 Å². The predicted molar refractivity (Wildman–Crippen MR) is 157 cm³/mol. The fourth-order valence-corrected chi connectivity index (χ4v) is 3.90. The third kappa shape index (κ3) is 7.92. The number of ether oxygens (including phenoxy) is 3. The van der Waals surface area contributed by atoms with Crippen molar-refractivity contribution in [3.63, 3.8) is 0 Å². The van der Waals surface area contributed by atoms with Crippen LogP contribution in [-0.2, 0) is 4.79 Å². The van der Waals surface area contributed by atoms with Crippen molar-refractivity contribution in [2.24, 2.45) is 5.10 Å². The zero-order chi connectivity index (χ0) is 29.0. The zero-order valence-corrected chi connectivity index (χ0v) is 22.9. The van der Waals surface area contributed by atoms with Gasteiger partial charge in [0.25, 0.3) is 11.8 Å². The molecule has 0 aromatic heterocycles. The highest BCUT2D eigenvalue weighted by Crippen LogP contribution is 2.27. The molecule has 0 heterocycles. The van der Waals surface area contributed by atoms with Crippen molar-refractivity contribution in [1.82, 2.24) is 10.7 Å². The second-order valence-corrected chi connectivity index (χ2v) is 8.89. The molecule has 0 radical (unpaired) electrons. The van der Waals surface area contributed by atoms with Crippen molar-refractivity contribution < 1.29 is 28.6 Å². The molecule has 2 N–H and O–H groups in total. The van der Waals surface area contributed by atoms with Gasteiger partial charge in [0.1, 0.15) is 17.2 Å². The first-order chi connectivity index (χ1) is 20.0. The van der Waals surface area contributed by atoms with Crippen LogP contribution in [0.4, 0.5) is 0 Å². The summed E-state index contributed by atoms with van der Waals surface area (Å²) in [7, 11) is 0.